The molecule has 2 N–H and O–H groups in total. The van der Waals surface area contributed by atoms with E-state index in [0.717, 1.165) is 32.1 Å². The van der Waals surface area contributed by atoms with Crippen molar-refractivity contribution < 1.29 is 17.9 Å². The number of hydrogen-bond donors (Lipinski definition) is 2. The maximum absolute atomic E-state index is 12.2. The molecule has 0 aromatic heterocycles. The summed E-state index contributed by atoms with van der Waals surface area (Å²) < 4.78 is 32.6. The van der Waals surface area contributed by atoms with Crippen molar-refractivity contribution in [3.05, 3.63) is 24.3 Å². The van der Waals surface area contributed by atoms with Gasteiger partial charge in [-0.15, -0.1) is 0 Å². The molecule has 1 aliphatic carbocycles. The molecule has 0 bridgehead atoms. The van der Waals surface area contributed by atoms with E-state index in [1.165, 1.54) is 31.4 Å². The van der Waals surface area contributed by atoms with E-state index in [1.807, 2.05) is 13.8 Å². The number of sulfonamides is 1. The Kier molecular flexibility index (Phi) is 8.57. The summed E-state index contributed by atoms with van der Waals surface area (Å²) >= 11 is 0. The molecule has 7 heteroatoms. The van der Waals surface area contributed by atoms with Crippen LogP contribution in [-0.4, -0.2) is 33.0 Å². The summed E-state index contributed by atoms with van der Waals surface area (Å²) in [6.07, 6.45) is 8.87. The van der Waals surface area contributed by atoms with Crippen LogP contribution in [0.1, 0.15) is 65.2 Å². The van der Waals surface area contributed by atoms with E-state index in [1.54, 1.807) is 12.1 Å². The first-order valence-corrected chi connectivity index (χ1v) is 11.4. The molecule has 1 amide bonds. The minimum absolute atomic E-state index is 0.0618. The van der Waals surface area contributed by atoms with Crippen molar-refractivity contribution in [1.29, 1.82) is 0 Å². The molecule has 0 saturated heterocycles. The lowest BCUT2D eigenvalue weighted by Gasteiger charge is -2.21. The Hall–Kier alpha value is -1.60. The highest BCUT2D eigenvalue weighted by Gasteiger charge is 2.17. The molecule has 1 aromatic carbocycles. The normalized spacial score (nSPS) is 17.6. The van der Waals surface area contributed by atoms with Crippen LogP contribution in [0.4, 0.5) is 0 Å². The number of rotatable bonds is 8. The van der Waals surface area contributed by atoms with Crippen molar-refractivity contribution in [2.45, 2.75) is 82.2 Å². The molecule has 152 valence electrons. The zero-order valence-electron chi connectivity index (χ0n) is 16.4. The highest BCUT2D eigenvalue weighted by molar-refractivity contribution is 7.89. The summed E-state index contributed by atoms with van der Waals surface area (Å²) in [5.74, 6) is 0.348. The fourth-order valence-corrected chi connectivity index (χ4v) is 4.48. The van der Waals surface area contributed by atoms with Crippen LogP contribution in [0.2, 0.25) is 0 Å². The lowest BCUT2D eigenvalue weighted by atomic mass is 9.97. The predicted molar refractivity (Wildman–Crippen MR) is 106 cm³/mol. The molecular formula is C20H32N2O4S. The number of ether oxygens (including phenoxy) is 1. The molecule has 1 fully saturated rings. The maximum Gasteiger partial charge on any atom is 0.258 e. The second-order valence-corrected chi connectivity index (χ2v) is 9.01. The van der Waals surface area contributed by atoms with Crippen LogP contribution in [0.15, 0.2) is 29.2 Å². The van der Waals surface area contributed by atoms with E-state index in [-0.39, 0.29) is 29.5 Å². The fourth-order valence-electron chi connectivity index (χ4n) is 3.15. The van der Waals surface area contributed by atoms with Crippen molar-refractivity contribution >= 4 is 15.9 Å². The van der Waals surface area contributed by atoms with Crippen LogP contribution in [0.5, 0.6) is 5.75 Å². The van der Waals surface area contributed by atoms with Gasteiger partial charge in [0.05, 0.1) is 4.90 Å². The number of carbonyl (C=O) groups is 1. The largest absolute Gasteiger partial charge is 0.484 e. The van der Waals surface area contributed by atoms with Gasteiger partial charge in [0.2, 0.25) is 10.0 Å². The van der Waals surface area contributed by atoms with Crippen LogP contribution >= 0.6 is 0 Å². The lowest BCUT2D eigenvalue weighted by molar-refractivity contribution is -0.123. The summed E-state index contributed by atoms with van der Waals surface area (Å²) in [6, 6.07) is 6.26. The van der Waals surface area contributed by atoms with E-state index in [4.69, 9.17) is 4.74 Å². The van der Waals surface area contributed by atoms with Crippen molar-refractivity contribution in [2.24, 2.45) is 0 Å². The molecule has 0 spiro atoms. The van der Waals surface area contributed by atoms with Gasteiger partial charge in [0.25, 0.3) is 5.91 Å². The van der Waals surface area contributed by atoms with Crippen molar-refractivity contribution in [3.8, 4) is 5.75 Å². The number of carbonyl (C=O) groups excluding carboxylic acids is 1. The summed E-state index contributed by atoms with van der Waals surface area (Å²) in [4.78, 5) is 12.3. The topological polar surface area (TPSA) is 84.5 Å². The minimum atomic E-state index is -3.53. The molecule has 0 radical (unpaired) electrons. The monoisotopic (exact) mass is 396 g/mol. The molecule has 0 aliphatic heterocycles. The van der Waals surface area contributed by atoms with Gasteiger partial charge < -0.3 is 10.1 Å². The third kappa shape index (κ3) is 7.50. The number of hydrogen-bond acceptors (Lipinski definition) is 4. The molecule has 0 unspecified atom stereocenters. The Morgan fingerprint density at radius 1 is 1.11 bits per heavy atom. The van der Waals surface area contributed by atoms with Gasteiger partial charge in [0.1, 0.15) is 5.75 Å². The van der Waals surface area contributed by atoms with Gasteiger partial charge in [-0.1, -0.05) is 39.0 Å². The van der Waals surface area contributed by atoms with E-state index < -0.39 is 10.0 Å². The highest BCUT2D eigenvalue weighted by Crippen LogP contribution is 2.18. The highest BCUT2D eigenvalue weighted by atomic mass is 32.2. The molecule has 6 nitrogen and oxygen atoms in total. The predicted octanol–water partition coefficient (Wildman–Crippen LogP) is 3.37. The smallest absolute Gasteiger partial charge is 0.258 e. The van der Waals surface area contributed by atoms with Gasteiger partial charge in [-0.25, -0.2) is 13.1 Å². The minimum Gasteiger partial charge on any atom is -0.484 e. The zero-order chi connectivity index (χ0) is 19.7. The van der Waals surface area contributed by atoms with Gasteiger partial charge in [0, 0.05) is 12.1 Å². The number of amides is 1. The average Bonchev–Trinajstić information content (AvgIpc) is 2.62. The van der Waals surface area contributed by atoms with E-state index in [2.05, 4.69) is 10.0 Å². The first-order chi connectivity index (χ1) is 12.9. The Balaban J connectivity index is 1.82. The zero-order valence-corrected chi connectivity index (χ0v) is 17.2. The lowest BCUT2D eigenvalue weighted by Crippen LogP contribution is -2.38. The third-order valence-corrected chi connectivity index (χ3v) is 6.55. The van der Waals surface area contributed by atoms with Crippen LogP contribution in [0, 0.1) is 0 Å². The molecule has 1 aliphatic rings. The van der Waals surface area contributed by atoms with Crippen molar-refractivity contribution in [1.82, 2.24) is 10.0 Å². The number of benzene rings is 1. The standard InChI is InChI=1S/C20H32N2O4S/c1-3-16(2)22-27(24,25)19-13-11-18(12-14-19)26-15-20(23)21-17-9-7-5-4-6-8-10-17/h11-14,16-17,22H,3-10,15H2,1-2H3,(H,21,23)/t16-/m0/s1. The molecule has 2 rings (SSSR count). The van der Waals surface area contributed by atoms with Crippen LogP contribution in [0.3, 0.4) is 0 Å². The van der Waals surface area contributed by atoms with Gasteiger partial charge >= 0.3 is 0 Å². The first kappa shape index (κ1) is 21.7. The van der Waals surface area contributed by atoms with E-state index >= 15 is 0 Å². The van der Waals surface area contributed by atoms with Crippen molar-refractivity contribution in [3.63, 3.8) is 0 Å². The SMILES string of the molecule is CC[C@H](C)NS(=O)(=O)c1ccc(OCC(=O)NC2CCCCCCC2)cc1. The quantitative estimate of drug-likeness (QED) is 0.705. The van der Waals surface area contributed by atoms with Gasteiger partial charge in [-0.2, -0.15) is 0 Å². The molecule has 27 heavy (non-hydrogen) atoms. The second kappa shape index (κ2) is 10.7. The Bertz CT molecular complexity index is 680. The second-order valence-electron chi connectivity index (χ2n) is 7.30. The number of nitrogens with one attached hydrogen (secondary N) is 2. The third-order valence-electron chi connectivity index (χ3n) is 4.94. The van der Waals surface area contributed by atoms with Gasteiger partial charge in [-0.05, 0) is 50.5 Å². The molecule has 1 aromatic rings. The van der Waals surface area contributed by atoms with E-state index in [9.17, 15) is 13.2 Å². The van der Waals surface area contributed by atoms with Crippen LogP contribution < -0.4 is 14.8 Å². The summed E-state index contributed by atoms with van der Waals surface area (Å²) in [5.41, 5.74) is 0. The summed E-state index contributed by atoms with van der Waals surface area (Å²) in [6.45, 7) is 3.68. The summed E-state index contributed by atoms with van der Waals surface area (Å²) in [7, 11) is -3.53. The molecule has 0 heterocycles. The Morgan fingerprint density at radius 3 is 2.30 bits per heavy atom. The van der Waals surface area contributed by atoms with Crippen LogP contribution in [-0.2, 0) is 14.8 Å². The Labute approximate surface area is 163 Å². The van der Waals surface area contributed by atoms with Gasteiger partial charge in [0.15, 0.2) is 6.61 Å². The molecule has 1 atom stereocenters. The van der Waals surface area contributed by atoms with Crippen LogP contribution in [0.25, 0.3) is 0 Å². The van der Waals surface area contributed by atoms with Crippen molar-refractivity contribution in [2.75, 3.05) is 6.61 Å². The fraction of sp³-hybridized carbons (Fsp3) is 0.650. The van der Waals surface area contributed by atoms with E-state index in [0.29, 0.717) is 5.75 Å². The maximum atomic E-state index is 12.2. The molecular weight excluding hydrogens is 364 g/mol. The molecule has 1 saturated carbocycles. The first-order valence-electron chi connectivity index (χ1n) is 9.95. The average molecular weight is 397 g/mol. The summed E-state index contributed by atoms with van der Waals surface area (Å²) in [5, 5.41) is 3.05. The van der Waals surface area contributed by atoms with Gasteiger partial charge in [-0.3, -0.25) is 4.79 Å². The Morgan fingerprint density at radius 2 is 1.70 bits per heavy atom.